The Labute approximate surface area is 123 Å². The van der Waals surface area contributed by atoms with Crippen LogP contribution in [0.2, 0.25) is 0 Å². The van der Waals surface area contributed by atoms with Gasteiger partial charge in [-0.2, -0.15) is 0 Å². The Morgan fingerprint density at radius 3 is 2.68 bits per heavy atom. The summed E-state index contributed by atoms with van der Waals surface area (Å²) in [6.07, 6.45) is 1.01. The molecule has 0 spiro atoms. The van der Waals surface area contributed by atoms with E-state index in [9.17, 15) is 0 Å². The number of aliphatic hydroxyl groups is 1. The third kappa shape index (κ3) is 6.92. The SMILES string of the molecule is CCCOc1ccc(CNCCNCCO)cc1Br. The summed E-state index contributed by atoms with van der Waals surface area (Å²) in [6.45, 7) is 6.24. The molecule has 0 saturated carbocycles. The molecule has 1 aromatic carbocycles. The van der Waals surface area contributed by atoms with Gasteiger partial charge in [0.15, 0.2) is 0 Å². The van der Waals surface area contributed by atoms with Gasteiger partial charge in [-0.05, 0) is 40.0 Å². The molecule has 108 valence electrons. The highest BCUT2D eigenvalue weighted by Gasteiger charge is 2.02. The van der Waals surface area contributed by atoms with E-state index in [-0.39, 0.29) is 6.61 Å². The highest BCUT2D eigenvalue weighted by Crippen LogP contribution is 2.26. The molecule has 0 aliphatic heterocycles. The number of ether oxygens (including phenoxy) is 1. The molecular formula is C14H23BrN2O2. The fraction of sp³-hybridized carbons (Fsp3) is 0.571. The predicted octanol–water partition coefficient (Wildman–Crippen LogP) is 1.91. The van der Waals surface area contributed by atoms with Crippen molar-refractivity contribution in [3.63, 3.8) is 0 Å². The number of hydrogen-bond donors (Lipinski definition) is 3. The Morgan fingerprint density at radius 1 is 1.21 bits per heavy atom. The molecule has 0 atom stereocenters. The smallest absolute Gasteiger partial charge is 0.133 e. The Hall–Kier alpha value is -0.620. The molecule has 5 heteroatoms. The van der Waals surface area contributed by atoms with Gasteiger partial charge in [0.1, 0.15) is 5.75 Å². The van der Waals surface area contributed by atoms with Crippen LogP contribution in [0.25, 0.3) is 0 Å². The van der Waals surface area contributed by atoms with Crippen LogP contribution in [0, 0.1) is 0 Å². The monoisotopic (exact) mass is 330 g/mol. The van der Waals surface area contributed by atoms with Gasteiger partial charge < -0.3 is 20.5 Å². The van der Waals surface area contributed by atoms with Crippen LogP contribution in [0.4, 0.5) is 0 Å². The molecule has 0 bridgehead atoms. The Bertz CT molecular complexity index is 361. The van der Waals surface area contributed by atoms with Gasteiger partial charge in [0.05, 0.1) is 17.7 Å². The Balaban J connectivity index is 2.29. The topological polar surface area (TPSA) is 53.5 Å². The number of nitrogens with one attached hydrogen (secondary N) is 2. The minimum absolute atomic E-state index is 0.187. The van der Waals surface area contributed by atoms with Crippen molar-refractivity contribution < 1.29 is 9.84 Å². The first-order valence-corrected chi connectivity index (χ1v) is 7.50. The van der Waals surface area contributed by atoms with Crippen molar-refractivity contribution in [3.05, 3.63) is 28.2 Å². The van der Waals surface area contributed by atoms with Crippen LogP contribution in [-0.4, -0.2) is 38.0 Å². The third-order valence-electron chi connectivity index (χ3n) is 2.55. The van der Waals surface area contributed by atoms with E-state index < -0.39 is 0 Å². The van der Waals surface area contributed by atoms with E-state index in [1.54, 1.807) is 0 Å². The van der Waals surface area contributed by atoms with Gasteiger partial charge >= 0.3 is 0 Å². The fourth-order valence-corrected chi connectivity index (χ4v) is 2.14. The standard InChI is InChI=1S/C14H23BrN2O2/c1-2-9-19-14-4-3-12(10-13(14)15)11-17-6-5-16-7-8-18/h3-4,10,16-18H,2,5-9,11H2,1H3. The molecule has 0 unspecified atom stereocenters. The van der Waals surface area contributed by atoms with E-state index in [1.807, 2.05) is 6.07 Å². The summed E-state index contributed by atoms with van der Waals surface area (Å²) in [7, 11) is 0. The van der Waals surface area contributed by atoms with Gasteiger partial charge in [0.2, 0.25) is 0 Å². The molecule has 1 rings (SSSR count). The molecule has 0 aliphatic carbocycles. The van der Waals surface area contributed by atoms with Gasteiger partial charge in [-0.25, -0.2) is 0 Å². The fourth-order valence-electron chi connectivity index (χ4n) is 1.60. The molecule has 1 aromatic rings. The maximum absolute atomic E-state index is 8.62. The van der Waals surface area contributed by atoms with Crippen molar-refractivity contribution in [2.24, 2.45) is 0 Å². The Kier molecular flexibility index (Phi) is 8.82. The Morgan fingerprint density at radius 2 is 2.00 bits per heavy atom. The van der Waals surface area contributed by atoms with Gasteiger partial charge in [0.25, 0.3) is 0 Å². The molecule has 0 saturated heterocycles. The second kappa shape index (κ2) is 10.2. The van der Waals surface area contributed by atoms with E-state index in [4.69, 9.17) is 9.84 Å². The summed E-state index contributed by atoms with van der Waals surface area (Å²) in [5.41, 5.74) is 1.22. The summed E-state index contributed by atoms with van der Waals surface area (Å²) >= 11 is 3.53. The molecule has 0 heterocycles. The number of aliphatic hydroxyl groups excluding tert-OH is 1. The molecule has 0 fully saturated rings. The molecule has 0 amide bonds. The first kappa shape index (κ1) is 16.4. The van der Waals surface area contributed by atoms with Crippen molar-refractivity contribution >= 4 is 15.9 Å². The minimum Gasteiger partial charge on any atom is -0.492 e. The van der Waals surface area contributed by atoms with Crippen LogP contribution in [0.3, 0.4) is 0 Å². The van der Waals surface area contributed by atoms with Crippen molar-refractivity contribution in [1.29, 1.82) is 0 Å². The van der Waals surface area contributed by atoms with E-state index in [0.29, 0.717) is 6.54 Å². The van der Waals surface area contributed by atoms with Gasteiger partial charge in [-0.15, -0.1) is 0 Å². The number of halogens is 1. The highest BCUT2D eigenvalue weighted by atomic mass is 79.9. The van der Waals surface area contributed by atoms with Gasteiger partial charge in [-0.3, -0.25) is 0 Å². The van der Waals surface area contributed by atoms with E-state index >= 15 is 0 Å². The lowest BCUT2D eigenvalue weighted by Crippen LogP contribution is -2.28. The molecule has 4 nitrogen and oxygen atoms in total. The molecular weight excluding hydrogens is 308 g/mol. The molecule has 0 radical (unpaired) electrons. The van der Waals surface area contributed by atoms with Crippen LogP contribution in [0.1, 0.15) is 18.9 Å². The summed E-state index contributed by atoms with van der Waals surface area (Å²) < 4.78 is 6.61. The largest absolute Gasteiger partial charge is 0.492 e. The van der Waals surface area contributed by atoms with Crippen LogP contribution >= 0.6 is 15.9 Å². The zero-order valence-electron chi connectivity index (χ0n) is 11.4. The van der Waals surface area contributed by atoms with Gasteiger partial charge in [0, 0.05) is 26.2 Å². The normalized spacial score (nSPS) is 10.7. The summed E-state index contributed by atoms with van der Waals surface area (Å²) in [6, 6.07) is 6.16. The second-order valence-corrected chi connectivity index (χ2v) is 5.12. The lowest BCUT2D eigenvalue weighted by atomic mass is 10.2. The molecule has 19 heavy (non-hydrogen) atoms. The predicted molar refractivity (Wildman–Crippen MR) is 81.6 cm³/mol. The van der Waals surface area contributed by atoms with Crippen molar-refractivity contribution in [2.75, 3.05) is 32.8 Å². The van der Waals surface area contributed by atoms with Crippen LogP contribution in [0.15, 0.2) is 22.7 Å². The second-order valence-electron chi connectivity index (χ2n) is 4.26. The first-order valence-electron chi connectivity index (χ1n) is 6.71. The van der Waals surface area contributed by atoms with Crippen molar-refractivity contribution in [1.82, 2.24) is 10.6 Å². The summed E-state index contributed by atoms with van der Waals surface area (Å²) in [5.74, 6) is 0.898. The van der Waals surface area contributed by atoms with Gasteiger partial charge in [-0.1, -0.05) is 13.0 Å². The minimum atomic E-state index is 0.187. The van der Waals surface area contributed by atoms with E-state index in [2.05, 4.69) is 45.6 Å². The maximum atomic E-state index is 8.62. The maximum Gasteiger partial charge on any atom is 0.133 e. The van der Waals surface area contributed by atoms with E-state index in [0.717, 1.165) is 42.9 Å². The zero-order chi connectivity index (χ0) is 13.9. The summed E-state index contributed by atoms with van der Waals surface area (Å²) in [4.78, 5) is 0. The summed E-state index contributed by atoms with van der Waals surface area (Å²) in [5, 5.41) is 15.1. The average Bonchev–Trinajstić information content (AvgIpc) is 2.42. The number of hydrogen-bond acceptors (Lipinski definition) is 4. The number of rotatable bonds is 10. The third-order valence-corrected chi connectivity index (χ3v) is 3.17. The van der Waals surface area contributed by atoms with Crippen LogP contribution in [-0.2, 0) is 6.54 Å². The molecule has 0 aromatic heterocycles. The number of benzene rings is 1. The average molecular weight is 331 g/mol. The van der Waals surface area contributed by atoms with Crippen LogP contribution in [0.5, 0.6) is 5.75 Å². The van der Waals surface area contributed by atoms with Crippen molar-refractivity contribution in [3.8, 4) is 5.75 Å². The quantitative estimate of drug-likeness (QED) is 0.574. The molecule has 3 N–H and O–H groups in total. The van der Waals surface area contributed by atoms with E-state index in [1.165, 1.54) is 5.56 Å². The lowest BCUT2D eigenvalue weighted by Gasteiger charge is -2.10. The van der Waals surface area contributed by atoms with Crippen LogP contribution < -0.4 is 15.4 Å². The first-order chi connectivity index (χ1) is 9.27. The van der Waals surface area contributed by atoms with Crippen molar-refractivity contribution in [2.45, 2.75) is 19.9 Å². The lowest BCUT2D eigenvalue weighted by molar-refractivity contribution is 0.292. The molecule has 0 aliphatic rings. The highest BCUT2D eigenvalue weighted by molar-refractivity contribution is 9.10. The zero-order valence-corrected chi connectivity index (χ0v) is 13.0.